The number of hydrogen-bond acceptors (Lipinski definition) is 2. The van der Waals surface area contributed by atoms with Crippen LogP contribution in [0.1, 0.15) is 22.7 Å². The van der Waals surface area contributed by atoms with Crippen LogP contribution in [0.15, 0.2) is 133 Å². The predicted molar refractivity (Wildman–Crippen MR) is 148 cm³/mol. The highest BCUT2D eigenvalue weighted by Gasteiger charge is 2.17. The van der Waals surface area contributed by atoms with E-state index >= 15 is 0 Å². The zero-order chi connectivity index (χ0) is 23.9. The summed E-state index contributed by atoms with van der Waals surface area (Å²) in [6, 6.07) is 47.4. The Morgan fingerprint density at radius 2 is 1.11 bits per heavy atom. The van der Waals surface area contributed by atoms with Crippen molar-refractivity contribution in [2.75, 3.05) is 12.4 Å². The molecule has 0 saturated carbocycles. The maximum atomic E-state index is 3.79. The molecular weight excluding hydrogens is 424 g/mol. The van der Waals surface area contributed by atoms with E-state index in [9.17, 15) is 0 Å². The number of hydrogen-bond donors (Lipinski definition) is 2. The second-order valence-corrected chi connectivity index (χ2v) is 8.71. The van der Waals surface area contributed by atoms with Gasteiger partial charge in [0.15, 0.2) is 0 Å². The van der Waals surface area contributed by atoms with Crippen molar-refractivity contribution >= 4 is 5.69 Å². The zero-order valence-electron chi connectivity index (χ0n) is 20.0. The first-order valence-electron chi connectivity index (χ1n) is 12.1. The molecule has 1 unspecified atom stereocenters. The molecule has 2 heteroatoms. The van der Waals surface area contributed by atoms with Gasteiger partial charge in [0.05, 0.1) is 6.04 Å². The number of para-hydroxylation sites is 1. The molecule has 0 aliphatic heterocycles. The Hall–Kier alpha value is -4.14. The zero-order valence-corrected chi connectivity index (χ0v) is 20.0. The second-order valence-electron chi connectivity index (χ2n) is 8.71. The van der Waals surface area contributed by atoms with Crippen molar-refractivity contribution < 1.29 is 0 Å². The molecule has 0 aliphatic rings. The van der Waals surface area contributed by atoms with Gasteiger partial charge in [0.25, 0.3) is 0 Å². The molecule has 2 nitrogen and oxygen atoms in total. The summed E-state index contributed by atoms with van der Waals surface area (Å²) in [5.41, 5.74) is 9.80. The lowest BCUT2D eigenvalue weighted by Gasteiger charge is -2.23. The number of anilines is 1. The summed E-state index contributed by atoms with van der Waals surface area (Å²) in [6.07, 6.45) is 0. The molecule has 5 rings (SSSR count). The lowest BCUT2D eigenvalue weighted by Crippen LogP contribution is -2.23. The summed E-state index contributed by atoms with van der Waals surface area (Å²) in [4.78, 5) is 0. The first kappa shape index (κ1) is 22.6. The second kappa shape index (κ2) is 10.9. The van der Waals surface area contributed by atoms with Crippen LogP contribution in [0.5, 0.6) is 0 Å². The Labute approximate surface area is 208 Å². The summed E-state index contributed by atoms with van der Waals surface area (Å²) in [6.45, 7) is 0.796. The quantitative estimate of drug-likeness (QED) is 0.249. The van der Waals surface area contributed by atoms with Gasteiger partial charge in [0.1, 0.15) is 0 Å². The highest BCUT2D eigenvalue weighted by molar-refractivity contribution is 5.73. The van der Waals surface area contributed by atoms with E-state index in [1.807, 2.05) is 7.05 Å². The van der Waals surface area contributed by atoms with Gasteiger partial charge < -0.3 is 10.6 Å². The van der Waals surface area contributed by atoms with Gasteiger partial charge in [-0.25, -0.2) is 0 Å². The van der Waals surface area contributed by atoms with E-state index in [1.165, 1.54) is 38.9 Å². The summed E-state index contributed by atoms with van der Waals surface area (Å²) in [5.74, 6) is 0. The molecule has 0 aromatic heterocycles. The Bertz CT molecular complexity index is 1360. The minimum atomic E-state index is 0.0727. The van der Waals surface area contributed by atoms with Crippen LogP contribution >= 0.6 is 0 Å². The first-order valence-corrected chi connectivity index (χ1v) is 12.1. The summed E-state index contributed by atoms with van der Waals surface area (Å²) < 4.78 is 0. The van der Waals surface area contributed by atoms with Gasteiger partial charge in [-0.2, -0.15) is 0 Å². The van der Waals surface area contributed by atoms with E-state index in [4.69, 9.17) is 0 Å². The van der Waals surface area contributed by atoms with Gasteiger partial charge in [-0.05, 0) is 51.1 Å². The first-order chi connectivity index (χ1) is 17.3. The molecule has 2 N–H and O–H groups in total. The van der Waals surface area contributed by atoms with Crippen LogP contribution < -0.4 is 10.6 Å². The minimum absolute atomic E-state index is 0.0727. The third-order valence-electron chi connectivity index (χ3n) is 6.44. The summed E-state index contributed by atoms with van der Waals surface area (Å²) in [5, 5.41) is 7.16. The molecule has 0 saturated heterocycles. The van der Waals surface area contributed by atoms with Crippen LogP contribution in [0.3, 0.4) is 0 Å². The molecule has 5 aromatic rings. The number of rotatable bonds is 8. The fourth-order valence-electron chi connectivity index (χ4n) is 4.58. The molecule has 0 heterocycles. The highest BCUT2D eigenvalue weighted by atomic mass is 14.9. The monoisotopic (exact) mass is 454 g/mol. The van der Waals surface area contributed by atoms with E-state index < -0.39 is 0 Å². The van der Waals surface area contributed by atoms with Gasteiger partial charge in [-0.3, -0.25) is 0 Å². The van der Waals surface area contributed by atoms with Gasteiger partial charge >= 0.3 is 0 Å². The smallest absolute Gasteiger partial charge is 0.0599 e. The third kappa shape index (κ3) is 5.34. The van der Waals surface area contributed by atoms with Crippen LogP contribution in [0.25, 0.3) is 22.3 Å². The summed E-state index contributed by atoms with van der Waals surface area (Å²) >= 11 is 0. The topological polar surface area (TPSA) is 24.1 Å². The van der Waals surface area contributed by atoms with E-state index in [-0.39, 0.29) is 6.04 Å². The van der Waals surface area contributed by atoms with Crippen molar-refractivity contribution in [2.24, 2.45) is 0 Å². The largest absolute Gasteiger partial charge is 0.388 e. The molecule has 0 aliphatic carbocycles. The van der Waals surface area contributed by atoms with Gasteiger partial charge in [-0.15, -0.1) is 0 Å². The van der Waals surface area contributed by atoms with Crippen molar-refractivity contribution in [1.82, 2.24) is 5.32 Å². The molecule has 0 radical (unpaired) electrons. The molecule has 172 valence electrons. The Kier molecular flexibility index (Phi) is 7.02. The van der Waals surface area contributed by atoms with Crippen LogP contribution in [0.4, 0.5) is 5.69 Å². The Morgan fingerprint density at radius 1 is 0.543 bits per heavy atom. The minimum Gasteiger partial charge on any atom is -0.388 e. The lowest BCUT2D eigenvalue weighted by molar-refractivity contribution is 0.606. The van der Waals surface area contributed by atoms with Crippen LogP contribution in [0, 0.1) is 0 Å². The van der Waals surface area contributed by atoms with Crippen molar-refractivity contribution in [2.45, 2.75) is 12.6 Å². The normalized spacial score (nSPS) is 11.7. The van der Waals surface area contributed by atoms with E-state index in [0.29, 0.717) is 0 Å². The van der Waals surface area contributed by atoms with E-state index in [2.05, 4.69) is 144 Å². The molecule has 35 heavy (non-hydrogen) atoms. The van der Waals surface area contributed by atoms with Crippen LogP contribution in [-0.4, -0.2) is 7.05 Å². The lowest BCUT2D eigenvalue weighted by atomic mass is 9.94. The molecule has 1 atom stereocenters. The SMILES string of the molecule is CNc1ccccc1C(NCc1ccccc1)c1ccc(-c2cccc(-c3ccccc3)c2)cc1. The molecule has 0 fully saturated rings. The molecule has 0 bridgehead atoms. The van der Waals surface area contributed by atoms with E-state index in [0.717, 1.165) is 12.2 Å². The van der Waals surface area contributed by atoms with Crippen molar-refractivity contribution in [3.05, 3.63) is 150 Å². The molecular formula is C33H30N2. The van der Waals surface area contributed by atoms with Crippen molar-refractivity contribution in [1.29, 1.82) is 0 Å². The van der Waals surface area contributed by atoms with Gasteiger partial charge in [0, 0.05) is 19.3 Å². The Balaban J connectivity index is 1.45. The van der Waals surface area contributed by atoms with Crippen LogP contribution in [0.2, 0.25) is 0 Å². The van der Waals surface area contributed by atoms with Crippen LogP contribution in [-0.2, 0) is 6.54 Å². The molecule has 5 aromatic carbocycles. The maximum absolute atomic E-state index is 3.79. The van der Waals surface area contributed by atoms with Crippen molar-refractivity contribution in [3.8, 4) is 22.3 Å². The average Bonchev–Trinajstić information content (AvgIpc) is 2.95. The predicted octanol–water partition coefficient (Wildman–Crippen LogP) is 7.94. The van der Waals surface area contributed by atoms with Crippen molar-refractivity contribution in [3.63, 3.8) is 0 Å². The van der Waals surface area contributed by atoms with Gasteiger partial charge in [0.2, 0.25) is 0 Å². The molecule has 0 amide bonds. The summed E-state index contributed by atoms with van der Waals surface area (Å²) in [7, 11) is 1.98. The number of nitrogens with one attached hydrogen (secondary N) is 2. The van der Waals surface area contributed by atoms with Gasteiger partial charge in [-0.1, -0.05) is 121 Å². The average molecular weight is 455 g/mol. The fourth-order valence-corrected chi connectivity index (χ4v) is 4.58. The van der Waals surface area contributed by atoms with E-state index in [1.54, 1.807) is 0 Å². The molecule has 0 spiro atoms. The Morgan fingerprint density at radius 3 is 1.80 bits per heavy atom. The highest BCUT2D eigenvalue weighted by Crippen LogP contribution is 2.31. The third-order valence-corrected chi connectivity index (χ3v) is 6.44. The maximum Gasteiger partial charge on any atom is 0.0599 e. The number of benzene rings is 5. The standard InChI is InChI=1S/C33H30N2/c1-34-32-18-9-8-17-31(32)33(35-24-25-11-4-2-5-12-25)28-21-19-27(20-22-28)30-16-10-15-29(23-30)26-13-6-3-7-14-26/h2-23,33-35H,24H2,1H3. The fraction of sp³-hybridized carbons (Fsp3) is 0.0909.